The molecular formula is C27H43NO. The number of aldehydes is 1. The van der Waals surface area contributed by atoms with Gasteiger partial charge in [0.25, 0.3) is 0 Å². The van der Waals surface area contributed by atoms with Crippen LogP contribution in [0.2, 0.25) is 0 Å². The van der Waals surface area contributed by atoms with E-state index in [0.29, 0.717) is 6.29 Å². The number of nitrogens with one attached hydrogen (secondary N) is 1. The van der Waals surface area contributed by atoms with Crippen LogP contribution < -0.4 is 5.32 Å². The Morgan fingerprint density at radius 2 is 1.48 bits per heavy atom. The summed E-state index contributed by atoms with van der Waals surface area (Å²) < 4.78 is 0. The summed E-state index contributed by atoms with van der Waals surface area (Å²) in [5.74, 6) is 2.86. The van der Waals surface area contributed by atoms with Crippen LogP contribution in [0.25, 0.3) is 0 Å². The second kappa shape index (κ2) is 13.7. The summed E-state index contributed by atoms with van der Waals surface area (Å²) >= 11 is 0. The molecule has 0 atom stereocenters. The summed E-state index contributed by atoms with van der Waals surface area (Å²) in [4.78, 5) is 9.06. The van der Waals surface area contributed by atoms with Crippen molar-refractivity contribution in [3.8, 4) is 0 Å². The Morgan fingerprint density at radius 3 is 1.97 bits per heavy atom. The molecule has 2 fully saturated rings. The molecule has 29 heavy (non-hydrogen) atoms. The molecule has 0 spiro atoms. The van der Waals surface area contributed by atoms with E-state index in [0.717, 1.165) is 23.8 Å². The van der Waals surface area contributed by atoms with Crippen molar-refractivity contribution in [1.29, 1.82) is 0 Å². The fraction of sp³-hybridized carbons (Fsp3) is 0.667. The normalized spacial score (nSPS) is 26.8. The number of rotatable bonds is 8. The van der Waals surface area contributed by atoms with E-state index in [4.69, 9.17) is 4.79 Å². The standard InChI is InChI=1S/C24H39N.C3H4O/c1-3-4-5-6-19-7-9-20(10-8-19)21-11-13-22(14-12-21)23-15-17-24(25-2)18-16-23;1-2-3-4/h7-10,21-25H,3-6,11-18H2,1-2H3;2-3H,1H2. The lowest BCUT2D eigenvalue weighted by atomic mass is 9.69. The lowest BCUT2D eigenvalue weighted by Crippen LogP contribution is -2.33. The highest BCUT2D eigenvalue weighted by Gasteiger charge is 2.30. The third kappa shape index (κ3) is 8.09. The number of carbonyl (C=O) groups excluding carboxylic acids is 1. The summed E-state index contributed by atoms with van der Waals surface area (Å²) in [7, 11) is 2.13. The fourth-order valence-corrected chi connectivity index (χ4v) is 5.34. The monoisotopic (exact) mass is 397 g/mol. The van der Waals surface area contributed by atoms with Gasteiger partial charge in [-0.15, -0.1) is 0 Å². The minimum Gasteiger partial charge on any atom is -0.317 e. The lowest BCUT2D eigenvalue weighted by molar-refractivity contribution is -0.104. The number of unbranched alkanes of at least 4 members (excludes halogenated alkanes) is 2. The maximum absolute atomic E-state index is 9.06. The molecule has 0 aliphatic heterocycles. The summed E-state index contributed by atoms with van der Waals surface area (Å²) in [5.41, 5.74) is 3.14. The van der Waals surface area contributed by atoms with Crippen molar-refractivity contribution < 1.29 is 4.79 Å². The minimum absolute atomic E-state index is 0.639. The summed E-state index contributed by atoms with van der Waals surface area (Å²) in [6.45, 7) is 5.39. The SMILES string of the molecule is C=CC=O.CCCCCc1ccc(C2CCC(C3CCC(NC)CC3)CC2)cc1. The highest BCUT2D eigenvalue weighted by atomic mass is 16.1. The van der Waals surface area contributed by atoms with Crippen molar-refractivity contribution in [2.24, 2.45) is 11.8 Å². The molecule has 0 radical (unpaired) electrons. The molecule has 0 unspecified atom stereocenters. The molecule has 1 N–H and O–H groups in total. The van der Waals surface area contributed by atoms with Crippen LogP contribution in [0, 0.1) is 11.8 Å². The number of hydrogen-bond acceptors (Lipinski definition) is 2. The molecule has 0 heterocycles. The van der Waals surface area contributed by atoms with Gasteiger partial charge in [-0.05, 0) is 106 Å². The van der Waals surface area contributed by atoms with Crippen LogP contribution in [-0.4, -0.2) is 19.4 Å². The molecule has 0 saturated heterocycles. The quantitative estimate of drug-likeness (QED) is 0.295. The van der Waals surface area contributed by atoms with E-state index in [1.54, 1.807) is 5.56 Å². The van der Waals surface area contributed by atoms with Crippen molar-refractivity contribution in [2.45, 2.75) is 95.9 Å². The molecule has 2 aliphatic rings. The maximum Gasteiger partial charge on any atom is 0.142 e. The number of hydrogen-bond donors (Lipinski definition) is 1. The van der Waals surface area contributed by atoms with Gasteiger partial charge in [-0.1, -0.05) is 50.6 Å². The van der Waals surface area contributed by atoms with E-state index >= 15 is 0 Å². The number of benzene rings is 1. The van der Waals surface area contributed by atoms with Crippen molar-refractivity contribution in [2.75, 3.05) is 7.05 Å². The predicted octanol–water partition coefficient (Wildman–Crippen LogP) is 6.84. The Labute approximate surface area is 179 Å². The molecule has 162 valence electrons. The third-order valence-corrected chi connectivity index (χ3v) is 7.23. The van der Waals surface area contributed by atoms with E-state index in [1.807, 2.05) is 0 Å². The van der Waals surface area contributed by atoms with E-state index in [-0.39, 0.29) is 0 Å². The molecule has 2 saturated carbocycles. The van der Waals surface area contributed by atoms with Crippen LogP contribution in [0.3, 0.4) is 0 Å². The average molecular weight is 398 g/mol. The van der Waals surface area contributed by atoms with Gasteiger partial charge in [0, 0.05) is 6.04 Å². The van der Waals surface area contributed by atoms with Crippen molar-refractivity contribution in [1.82, 2.24) is 5.32 Å². The maximum atomic E-state index is 9.06. The first-order chi connectivity index (χ1) is 14.2. The van der Waals surface area contributed by atoms with Crippen molar-refractivity contribution >= 4 is 6.29 Å². The zero-order valence-electron chi connectivity index (χ0n) is 18.9. The minimum atomic E-state index is 0.639. The van der Waals surface area contributed by atoms with Crippen LogP contribution in [-0.2, 0) is 11.2 Å². The smallest absolute Gasteiger partial charge is 0.142 e. The second-order valence-electron chi connectivity index (χ2n) is 9.08. The van der Waals surface area contributed by atoms with Gasteiger partial charge in [0.1, 0.15) is 6.29 Å². The highest BCUT2D eigenvalue weighted by Crippen LogP contribution is 2.42. The van der Waals surface area contributed by atoms with Gasteiger partial charge in [0.2, 0.25) is 0 Å². The molecule has 1 aromatic rings. The lowest BCUT2D eigenvalue weighted by Gasteiger charge is -2.38. The van der Waals surface area contributed by atoms with Gasteiger partial charge >= 0.3 is 0 Å². The van der Waals surface area contributed by atoms with Gasteiger partial charge < -0.3 is 5.32 Å². The Hall–Kier alpha value is -1.41. The van der Waals surface area contributed by atoms with E-state index in [2.05, 4.69) is 50.1 Å². The number of allylic oxidation sites excluding steroid dienone is 1. The van der Waals surface area contributed by atoms with Gasteiger partial charge in [-0.3, -0.25) is 4.79 Å². The van der Waals surface area contributed by atoms with Gasteiger partial charge in [0.15, 0.2) is 0 Å². The molecule has 1 aromatic carbocycles. The number of carbonyl (C=O) groups is 1. The molecule has 2 aliphatic carbocycles. The topological polar surface area (TPSA) is 29.1 Å². The first kappa shape index (κ1) is 23.9. The zero-order chi connectivity index (χ0) is 20.9. The largest absolute Gasteiger partial charge is 0.317 e. The summed E-state index contributed by atoms with van der Waals surface area (Å²) in [5, 5.41) is 3.48. The Balaban J connectivity index is 0.000000687. The molecule has 0 aromatic heterocycles. The summed E-state index contributed by atoms with van der Waals surface area (Å²) in [6.07, 6.45) is 18.6. The van der Waals surface area contributed by atoms with E-state index in [1.165, 1.54) is 88.7 Å². The van der Waals surface area contributed by atoms with Crippen LogP contribution in [0.1, 0.15) is 94.6 Å². The second-order valence-corrected chi connectivity index (χ2v) is 9.08. The Bertz CT molecular complexity index is 557. The summed E-state index contributed by atoms with van der Waals surface area (Å²) in [6, 6.07) is 10.5. The molecule has 3 rings (SSSR count). The van der Waals surface area contributed by atoms with Gasteiger partial charge in [0.05, 0.1) is 0 Å². The average Bonchev–Trinajstić information content (AvgIpc) is 2.80. The van der Waals surface area contributed by atoms with Gasteiger partial charge in [-0.25, -0.2) is 0 Å². The van der Waals surface area contributed by atoms with Gasteiger partial charge in [-0.2, -0.15) is 0 Å². The van der Waals surface area contributed by atoms with Crippen molar-refractivity contribution in [3.63, 3.8) is 0 Å². The zero-order valence-corrected chi connectivity index (χ0v) is 18.9. The van der Waals surface area contributed by atoms with Crippen LogP contribution in [0.5, 0.6) is 0 Å². The molecule has 2 nitrogen and oxygen atoms in total. The Kier molecular flexibility index (Phi) is 11.3. The van der Waals surface area contributed by atoms with Crippen LogP contribution in [0.15, 0.2) is 36.9 Å². The Morgan fingerprint density at radius 1 is 0.931 bits per heavy atom. The first-order valence-corrected chi connectivity index (χ1v) is 12.0. The predicted molar refractivity (Wildman–Crippen MR) is 125 cm³/mol. The van der Waals surface area contributed by atoms with E-state index < -0.39 is 0 Å². The third-order valence-electron chi connectivity index (χ3n) is 7.23. The fourth-order valence-electron chi connectivity index (χ4n) is 5.34. The molecule has 0 amide bonds. The van der Waals surface area contributed by atoms with Crippen LogP contribution in [0.4, 0.5) is 0 Å². The molecule has 0 bridgehead atoms. The first-order valence-electron chi connectivity index (χ1n) is 12.0. The van der Waals surface area contributed by atoms with Crippen molar-refractivity contribution in [3.05, 3.63) is 48.0 Å². The van der Waals surface area contributed by atoms with Crippen LogP contribution >= 0.6 is 0 Å². The molecule has 2 heteroatoms. The molecular weight excluding hydrogens is 354 g/mol. The highest BCUT2D eigenvalue weighted by molar-refractivity contribution is 5.63. The van der Waals surface area contributed by atoms with E-state index in [9.17, 15) is 0 Å². The number of aryl methyl sites for hydroxylation is 1.